The van der Waals surface area contributed by atoms with E-state index in [0.29, 0.717) is 11.6 Å². The summed E-state index contributed by atoms with van der Waals surface area (Å²) < 4.78 is 0.776. The van der Waals surface area contributed by atoms with Crippen molar-refractivity contribution in [2.75, 3.05) is 0 Å². The molecular formula is C8H9BrClNO. The Morgan fingerprint density at radius 2 is 2.33 bits per heavy atom. The third-order valence-electron chi connectivity index (χ3n) is 1.37. The Kier molecular flexibility index (Phi) is 3.50. The van der Waals surface area contributed by atoms with Crippen molar-refractivity contribution in [3.05, 3.63) is 27.5 Å². The Balaban J connectivity index is 2.82. The zero-order valence-corrected chi connectivity index (χ0v) is 8.93. The van der Waals surface area contributed by atoms with Crippen molar-refractivity contribution in [2.45, 2.75) is 19.4 Å². The second-order valence-electron chi connectivity index (χ2n) is 2.63. The van der Waals surface area contributed by atoms with Crippen LogP contribution in [-0.2, 0) is 6.42 Å². The molecule has 0 spiro atoms. The first-order valence-electron chi connectivity index (χ1n) is 3.58. The molecule has 1 N–H and O–H groups in total. The molecule has 66 valence electrons. The summed E-state index contributed by atoms with van der Waals surface area (Å²) >= 11 is 9.00. The molecule has 1 rings (SSSR count). The molecule has 4 heteroatoms. The lowest BCUT2D eigenvalue weighted by atomic mass is 10.2. The fourth-order valence-electron chi connectivity index (χ4n) is 0.871. The number of hydrogen-bond donors (Lipinski definition) is 1. The van der Waals surface area contributed by atoms with Crippen LogP contribution in [0.5, 0.6) is 0 Å². The summed E-state index contributed by atoms with van der Waals surface area (Å²) in [5.41, 5.74) is 0.804. The topological polar surface area (TPSA) is 33.1 Å². The summed E-state index contributed by atoms with van der Waals surface area (Å²) in [6.07, 6.45) is 0.155. The van der Waals surface area contributed by atoms with Crippen molar-refractivity contribution >= 4 is 27.5 Å². The number of pyridine rings is 1. The molecule has 1 aromatic rings. The van der Waals surface area contributed by atoms with E-state index < -0.39 is 0 Å². The third-order valence-corrected chi connectivity index (χ3v) is 2.52. The van der Waals surface area contributed by atoms with Crippen LogP contribution in [0.2, 0.25) is 5.15 Å². The van der Waals surface area contributed by atoms with E-state index in [1.54, 1.807) is 6.92 Å². The van der Waals surface area contributed by atoms with E-state index in [2.05, 4.69) is 20.9 Å². The Hall–Kier alpha value is -0.120. The number of aliphatic hydroxyl groups excluding tert-OH is 1. The van der Waals surface area contributed by atoms with Gasteiger partial charge in [0.2, 0.25) is 0 Å². The average Bonchev–Trinajstić information content (AvgIpc) is 1.96. The van der Waals surface area contributed by atoms with E-state index in [1.165, 1.54) is 0 Å². The highest BCUT2D eigenvalue weighted by molar-refractivity contribution is 9.10. The molecule has 1 heterocycles. The molecule has 0 radical (unpaired) electrons. The summed E-state index contributed by atoms with van der Waals surface area (Å²) in [5.74, 6) is 0. The van der Waals surface area contributed by atoms with Crippen LogP contribution in [0, 0.1) is 0 Å². The van der Waals surface area contributed by atoms with E-state index in [4.69, 9.17) is 16.7 Å². The molecule has 0 fully saturated rings. The van der Waals surface area contributed by atoms with Gasteiger partial charge in [-0.25, -0.2) is 4.98 Å². The molecule has 1 aromatic heterocycles. The van der Waals surface area contributed by atoms with Gasteiger partial charge in [0.15, 0.2) is 0 Å². The minimum atomic E-state index is -0.380. The normalized spacial score (nSPS) is 13.0. The lowest BCUT2D eigenvalue weighted by Crippen LogP contribution is -2.05. The maximum Gasteiger partial charge on any atom is 0.143 e. The summed E-state index contributed by atoms with van der Waals surface area (Å²) in [7, 11) is 0. The summed E-state index contributed by atoms with van der Waals surface area (Å²) in [6, 6.07) is 3.66. The quantitative estimate of drug-likeness (QED) is 0.818. The van der Waals surface area contributed by atoms with Crippen LogP contribution in [0.3, 0.4) is 0 Å². The van der Waals surface area contributed by atoms with Gasteiger partial charge in [-0.05, 0) is 35.0 Å². The Morgan fingerprint density at radius 3 is 2.83 bits per heavy atom. The van der Waals surface area contributed by atoms with E-state index >= 15 is 0 Å². The van der Waals surface area contributed by atoms with Crippen LogP contribution in [0.15, 0.2) is 16.6 Å². The van der Waals surface area contributed by atoms with Gasteiger partial charge in [0.05, 0.1) is 10.6 Å². The lowest BCUT2D eigenvalue weighted by molar-refractivity contribution is 0.194. The average molecular weight is 251 g/mol. The lowest BCUT2D eigenvalue weighted by Gasteiger charge is -2.03. The molecule has 0 aliphatic rings. The van der Waals surface area contributed by atoms with Crippen molar-refractivity contribution in [2.24, 2.45) is 0 Å². The van der Waals surface area contributed by atoms with Gasteiger partial charge in [0, 0.05) is 12.1 Å². The van der Waals surface area contributed by atoms with Gasteiger partial charge in [-0.1, -0.05) is 11.6 Å². The molecule has 0 saturated carbocycles. The molecule has 0 aromatic carbocycles. The molecular weight excluding hydrogens is 241 g/mol. The first-order valence-corrected chi connectivity index (χ1v) is 4.75. The van der Waals surface area contributed by atoms with Crippen LogP contribution in [-0.4, -0.2) is 16.2 Å². The minimum absolute atomic E-state index is 0.380. The predicted octanol–water partition coefficient (Wildman–Crippen LogP) is 2.42. The zero-order valence-electron chi connectivity index (χ0n) is 6.59. The maximum atomic E-state index is 9.07. The third kappa shape index (κ3) is 2.73. The molecule has 0 aliphatic carbocycles. The minimum Gasteiger partial charge on any atom is -0.393 e. The molecule has 0 aliphatic heterocycles. The fraction of sp³-hybridized carbons (Fsp3) is 0.375. The van der Waals surface area contributed by atoms with Crippen LogP contribution in [0.25, 0.3) is 0 Å². The van der Waals surface area contributed by atoms with Gasteiger partial charge in [-0.3, -0.25) is 0 Å². The number of hydrogen-bond acceptors (Lipinski definition) is 2. The van der Waals surface area contributed by atoms with Crippen LogP contribution < -0.4 is 0 Å². The number of rotatable bonds is 2. The van der Waals surface area contributed by atoms with Crippen molar-refractivity contribution in [1.29, 1.82) is 0 Å². The number of halogens is 2. The molecule has 0 bridgehead atoms. The second-order valence-corrected chi connectivity index (χ2v) is 3.84. The van der Waals surface area contributed by atoms with Crippen LogP contribution in [0.4, 0.5) is 0 Å². The SMILES string of the molecule is CC(O)Cc1ccc(Br)c(Cl)n1. The summed E-state index contributed by atoms with van der Waals surface area (Å²) in [5, 5.41) is 9.51. The molecule has 0 amide bonds. The zero-order chi connectivity index (χ0) is 9.14. The molecule has 0 saturated heterocycles. The van der Waals surface area contributed by atoms with E-state index in [0.717, 1.165) is 10.2 Å². The maximum absolute atomic E-state index is 9.07. The highest BCUT2D eigenvalue weighted by atomic mass is 79.9. The van der Waals surface area contributed by atoms with Crippen molar-refractivity contribution in [3.63, 3.8) is 0 Å². The van der Waals surface area contributed by atoms with Gasteiger partial charge in [-0.2, -0.15) is 0 Å². The molecule has 2 nitrogen and oxygen atoms in total. The second kappa shape index (κ2) is 4.21. The first-order chi connectivity index (χ1) is 5.59. The molecule has 12 heavy (non-hydrogen) atoms. The highest BCUT2D eigenvalue weighted by Gasteiger charge is 2.03. The Labute approximate surface area is 84.7 Å². The monoisotopic (exact) mass is 249 g/mol. The van der Waals surface area contributed by atoms with Crippen molar-refractivity contribution < 1.29 is 5.11 Å². The van der Waals surface area contributed by atoms with Crippen LogP contribution >= 0.6 is 27.5 Å². The van der Waals surface area contributed by atoms with E-state index in [-0.39, 0.29) is 6.10 Å². The number of aliphatic hydroxyl groups is 1. The van der Waals surface area contributed by atoms with Gasteiger partial charge < -0.3 is 5.11 Å². The number of nitrogens with zero attached hydrogens (tertiary/aromatic N) is 1. The Bertz CT molecular complexity index is 278. The first kappa shape index (κ1) is 9.96. The summed E-state index contributed by atoms with van der Waals surface area (Å²) in [4.78, 5) is 4.07. The molecule has 1 unspecified atom stereocenters. The van der Waals surface area contributed by atoms with E-state index in [9.17, 15) is 0 Å². The van der Waals surface area contributed by atoms with Gasteiger partial charge in [-0.15, -0.1) is 0 Å². The number of aromatic nitrogens is 1. The fourth-order valence-corrected chi connectivity index (χ4v) is 1.26. The standard InChI is InChI=1S/C8H9BrClNO/c1-5(12)4-6-2-3-7(9)8(10)11-6/h2-3,5,12H,4H2,1H3. The van der Waals surface area contributed by atoms with Gasteiger partial charge in [0.25, 0.3) is 0 Å². The van der Waals surface area contributed by atoms with Gasteiger partial charge >= 0.3 is 0 Å². The van der Waals surface area contributed by atoms with Crippen molar-refractivity contribution in [3.8, 4) is 0 Å². The predicted molar refractivity (Wildman–Crippen MR) is 52.3 cm³/mol. The van der Waals surface area contributed by atoms with Gasteiger partial charge in [0.1, 0.15) is 5.15 Å². The Morgan fingerprint density at radius 1 is 1.67 bits per heavy atom. The van der Waals surface area contributed by atoms with Crippen molar-refractivity contribution in [1.82, 2.24) is 4.98 Å². The largest absolute Gasteiger partial charge is 0.393 e. The van der Waals surface area contributed by atoms with Crippen LogP contribution in [0.1, 0.15) is 12.6 Å². The smallest absolute Gasteiger partial charge is 0.143 e. The summed E-state index contributed by atoms with van der Waals surface area (Å²) in [6.45, 7) is 1.72. The van der Waals surface area contributed by atoms with E-state index in [1.807, 2.05) is 12.1 Å². The molecule has 1 atom stereocenters. The highest BCUT2D eigenvalue weighted by Crippen LogP contribution is 2.20.